The van der Waals surface area contributed by atoms with E-state index in [1.54, 1.807) is 0 Å². The van der Waals surface area contributed by atoms with Crippen LogP contribution in [0.15, 0.2) is 0 Å². The Bertz CT molecular complexity index is 33.8. The van der Waals surface area contributed by atoms with Gasteiger partial charge in [-0.1, -0.05) is 0 Å². The van der Waals surface area contributed by atoms with Crippen LogP contribution in [-0.4, -0.2) is 32.2 Å². The minimum Gasteiger partial charge on any atom is -0.672 e. The van der Waals surface area contributed by atoms with Gasteiger partial charge < -0.3 is 14.1 Å². The van der Waals surface area contributed by atoms with Crippen molar-refractivity contribution < 1.29 is 30.5 Å². The summed E-state index contributed by atoms with van der Waals surface area (Å²) >= 11 is 0. The first kappa shape index (κ1) is 15.8. The van der Waals surface area contributed by atoms with Gasteiger partial charge in [-0.25, -0.2) is 0 Å². The minimum atomic E-state index is -3.63. The second-order valence-electron chi connectivity index (χ2n) is 0.250. The molecule has 0 aliphatic heterocycles. The van der Waals surface area contributed by atoms with Crippen LogP contribution in [0.3, 0.4) is 0 Å². The van der Waals surface area contributed by atoms with Gasteiger partial charge in [0.05, 0.1) is 0 Å². The molecule has 0 aromatic rings. The van der Waals surface area contributed by atoms with Crippen molar-refractivity contribution in [3.63, 3.8) is 0 Å². The van der Waals surface area contributed by atoms with E-state index in [0.717, 1.165) is 0 Å². The van der Waals surface area contributed by atoms with Crippen molar-refractivity contribution in [1.82, 2.24) is 0 Å². The molecule has 3 nitrogen and oxygen atoms in total. The zero-order valence-corrected chi connectivity index (χ0v) is 6.15. The fourth-order valence-electron chi connectivity index (χ4n) is 0. The molecule has 0 bridgehead atoms. The zero-order chi connectivity index (χ0) is 3.58. The summed E-state index contributed by atoms with van der Waals surface area (Å²) in [5, 5.41) is 0. The van der Waals surface area contributed by atoms with Gasteiger partial charge in [0, 0.05) is 25.7 Å². The molecule has 0 radical (unpaired) electrons. The van der Waals surface area contributed by atoms with Gasteiger partial charge >= 0.3 is 23.1 Å². The smallest absolute Gasteiger partial charge is 0.672 e. The molecule has 0 spiro atoms. The van der Waals surface area contributed by atoms with E-state index in [-0.39, 0.29) is 39.5 Å². The summed E-state index contributed by atoms with van der Waals surface area (Å²) in [6, 6.07) is 0. The molecule has 0 aliphatic carbocycles. The van der Waals surface area contributed by atoms with E-state index in [0.29, 0.717) is 0 Å². The minimum absolute atomic E-state index is 0. The Balaban J connectivity index is -0.0000000450. The van der Waals surface area contributed by atoms with E-state index in [9.17, 15) is 0 Å². The second-order valence-corrected chi connectivity index (χ2v) is 0.750. The molecule has 0 fully saturated rings. The molecule has 0 aromatic carbocycles. The molecule has 0 aliphatic rings. The predicted molar refractivity (Wildman–Crippen MR) is 12.2 cm³/mol. The van der Waals surface area contributed by atoms with Crippen molar-refractivity contribution in [2.75, 3.05) is 0 Å². The van der Waals surface area contributed by atoms with Crippen molar-refractivity contribution >= 4 is 32.2 Å². The zero-order valence-electron chi connectivity index (χ0n) is 2.75. The Morgan fingerprint density at radius 2 is 1.33 bits per heavy atom. The average Bonchev–Trinajstić information content (AvgIpc) is 0.811. The molecule has 0 saturated heterocycles. The van der Waals surface area contributed by atoms with Crippen LogP contribution >= 0.6 is 0 Å². The normalized spacial score (nSPS) is 4.00. The molecule has 0 aromatic heterocycles. The topological polar surface area (TPSA) is 63.2 Å². The van der Waals surface area contributed by atoms with Crippen LogP contribution in [0, 0.1) is 0 Å². The van der Waals surface area contributed by atoms with Crippen molar-refractivity contribution in [2.24, 2.45) is 0 Å². The molecule has 6 heteroatoms. The maximum Gasteiger partial charge on any atom is 2.00 e. The Hall–Kier alpha value is 0.877. The van der Waals surface area contributed by atoms with E-state index in [2.05, 4.69) is 0 Å². The number of hydrogen-bond donors (Lipinski definition) is 0. The van der Waals surface area contributed by atoms with E-state index >= 15 is 0 Å². The van der Waals surface area contributed by atoms with E-state index in [1.807, 2.05) is 0 Å². The molecule has 0 rings (SSSR count). The van der Waals surface area contributed by atoms with Gasteiger partial charge in [-0.15, -0.1) is 0 Å². The third-order valence-electron chi connectivity index (χ3n) is 0. The summed E-state index contributed by atoms with van der Waals surface area (Å²) in [4.78, 5) is 17.0. The summed E-state index contributed by atoms with van der Waals surface area (Å²) in [6.45, 7) is 0. The van der Waals surface area contributed by atoms with E-state index < -0.39 is 9.17 Å². The molecule has 0 unspecified atom stereocenters. The fraction of sp³-hybridized carbons (Fsp3) is 0. The molecule has 6 heavy (non-hydrogen) atoms. The fourth-order valence-corrected chi connectivity index (χ4v) is 0. The molecule has 0 N–H and O–H groups in total. The van der Waals surface area contributed by atoms with Gasteiger partial charge in [0.1, 0.15) is 0 Å². The van der Waals surface area contributed by atoms with Crippen LogP contribution in [0.5, 0.6) is 0 Å². The summed E-state index contributed by atoms with van der Waals surface area (Å²) < 4.78 is 8.52. The first-order valence-corrected chi connectivity index (χ1v) is 1.84. The Kier molecular flexibility index (Phi) is 24.5. The van der Waals surface area contributed by atoms with Gasteiger partial charge in [0.2, 0.25) is 0 Å². The van der Waals surface area contributed by atoms with Gasteiger partial charge in [-0.05, 0) is 0 Å². The van der Waals surface area contributed by atoms with E-state index in [1.165, 1.54) is 0 Å². The average molecular weight is 159 g/mol. The summed E-state index contributed by atoms with van der Waals surface area (Å²) in [7, 11) is -3.63. The molecule has 34 valence electrons. The van der Waals surface area contributed by atoms with E-state index in [4.69, 9.17) is 14.1 Å². The summed E-state index contributed by atoms with van der Waals surface area (Å²) in [5.41, 5.74) is 0. The Morgan fingerprint density at radius 3 is 1.33 bits per heavy atom. The third kappa shape index (κ3) is 95.4. The van der Waals surface area contributed by atoms with Crippen molar-refractivity contribution in [2.45, 2.75) is 0 Å². The predicted octanol–water partition coefficient (Wildman–Crippen LogP) is -3.26. The van der Waals surface area contributed by atoms with Crippen molar-refractivity contribution in [3.8, 4) is 0 Å². The SMILES string of the molecule is O=[Si]([O-])[O-].[Mg+2].[Ni]. The van der Waals surface area contributed by atoms with Gasteiger partial charge in [0.25, 0.3) is 0 Å². The van der Waals surface area contributed by atoms with Gasteiger partial charge in [0.15, 0.2) is 0 Å². The quantitative estimate of drug-likeness (QED) is 0.348. The molecule has 0 atom stereocenters. The van der Waals surface area contributed by atoms with Gasteiger partial charge in [-0.3, -0.25) is 0 Å². The summed E-state index contributed by atoms with van der Waals surface area (Å²) in [5.74, 6) is 0. The standard InChI is InChI=1S/Mg.Ni.O3Si/c;;1-4(2)3/q+2;;-2. The molecule has 0 saturated carbocycles. The van der Waals surface area contributed by atoms with Crippen LogP contribution in [0.2, 0.25) is 0 Å². The van der Waals surface area contributed by atoms with Crippen molar-refractivity contribution in [1.29, 1.82) is 0 Å². The second kappa shape index (κ2) is 9.30. The maximum absolute atomic E-state index is 8.52. The monoisotopic (exact) mass is 158 g/mol. The third-order valence-corrected chi connectivity index (χ3v) is 0. The largest absolute Gasteiger partial charge is 2.00 e. The number of rotatable bonds is 0. The molecular weight excluding hydrogens is 159 g/mol. The Morgan fingerprint density at radius 1 is 1.33 bits per heavy atom. The van der Waals surface area contributed by atoms with Crippen LogP contribution < -0.4 is 9.59 Å². The van der Waals surface area contributed by atoms with Crippen LogP contribution in [0.1, 0.15) is 0 Å². The maximum atomic E-state index is 8.52. The van der Waals surface area contributed by atoms with Gasteiger partial charge in [-0.2, -0.15) is 0 Å². The summed E-state index contributed by atoms with van der Waals surface area (Å²) in [6.07, 6.45) is 0. The van der Waals surface area contributed by atoms with Crippen molar-refractivity contribution in [3.05, 3.63) is 0 Å². The Labute approximate surface area is 62.7 Å². The molecule has 0 amide bonds. The van der Waals surface area contributed by atoms with Crippen LogP contribution in [-0.2, 0) is 21.0 Å². The number of hydrogen-bond acceptors (Lipinski definition) is 3. The first-order chi connectivity index (χ1) is 1.73. The first-order valence-electron chi connectivity index (χ1n) is 0.612. The van der Waals surface area contributed by atoms with Crippen LogP contribution in [0.25, 0.3) is 0 Å². The van der Waals surface area contributed by atoms with Crippen LogP contribution in [0.4, 0.5) is 0 Å². The molecule has 0 heterocycles. The molecular formula is MgNiO3Si.